The Morgan fingerprint density at radius 1 is 0.425 bits per heavy atom. The fourth-order valence-electron chi connectivity index (χ4n) is 5.17. The Balaban J connectivity index is 1.23. The van der Waals surface area contributed by atoms with Crippen molar-refractivity contribution < 1.29 is 0 Å². The van der Waals surface area contributed by atoms with Gasteiger partial charge in [0.25, 0.3) is 0 Å². The van der Waals surface area contributed by atoms with Crippen LogP contribution in [0.1, 0.15) is 0 Å². The number of para-hydroxylation sites is 2. The number of hydrogen-bond acceptors (Lipinski definition) is 5. The molecule has 3 aromatic heterocycles. The average Bonchev–Trinajstić information content (AvgIpc) is 3.58. The van der Waals surface area contributed by atoms with Gasteiger partial charge in [0.1, 0.15) is 0 Å². The minimum atomic E-state index is 0.651. The summed E-state index contributed by atoms with van der Waals surface area (Å²) < 4.78 is 3.48. The second kappa shape index (κ2) is 9.22. The summed E-state index contributed by atoms with van der Waals surface area (Å²) in [5.41, 5.74) is 8.52. The Bertz CT molecular complexity index is 2090. The first-order valence-corrected chi connectivity index (χ1v) is 13.9. The lowest BCUT2D eigenvalue weighted by molar-refractivity contribution is 1.07. The largest absolute Gasteiger partial charge is 0.283 e. The third-order valence-corrected chi connectivity index (χ3v) is 8.20. The standard InChI is InChI=1S/C34H21N5S/c1-3-10-23(11-4-1)31-36-32(24-12-5-2-6-13-24)38-33(37-31)25-20-18-22(19-21-25)26-14-9-17-29-30(26)40-34-35-27-15-7-8-16-28(27)39(29)34/h1-21H. The van der Waals surface area contributed by atoms with Gasteiger partial charge in [-0.25, -0.2) is 19.9 Å². The molecule has 0 fully saturated rings. The molecule has 0 bridgehead atoms. The van der Waals surface area contributed by atoms with E-state index in [-0.39, 0.29) is 0 Å². The number of fused-ring (bicyclic) bond motifs is 5. The van der Waals surface area contributed by atoms with E-state index in [1.54, 1.807) is 11.3 Å². The van der Waals surface area contributed by atoms with Crippen molar-refractivity contribution in [2.45, 2.75) is 0 Å². The molecule has 8 aromatic rings. The van der Waals surface area contributed by atoms with Crippen molar-refractivity contribution in [3.05, 3.63) is 127 Å². The molecule has 0 saturated carbocycles. The molecule has 0 atom stereocenters. The van der Waals surface area contributed by atoms with Crippen LogP contribution in [0.2, 0.25) is 0 Å². The summed E-state index contributed by atoms with van der Waals surface area (Å²) >= 11 is 1.73. The maximum absolute atomic E-state index is 4.87. The van der Waals surface area contributed by atoms with Gasteiger partial charge >= 0.3 is 0 Å². The summed E-state index contributed by atoms with van der Waals surface area (Å²) in [6.07, 6.45) is 0. The zero-order chi connectivity index (χ0) is 26.5. The van der Waals surface area contributed by atoms with Gasteiger partial charge < -0.3 is 0 Å². The predicted molar refractivity (Wildman–Crippen MR) is 163 cm³/mol. The topological polar surface area (TPSA) is 56.0 Å². The molecule has 0 saturated heterocycles. The van der Waals surface area contributed by atoms with Crippen LogP contribution in [0.3, 0.4) is 0 Å². The van der Waals surface area contributed by atoms with E-state index in [9.17, 15) is 0 Å². The molecule has 0 aliphatic carbocycles. The maximum Gasteiger partial charge on any atom is 0.195 e. The van der Waals surface area contributed by atoms with Gasteiger partial charge in [-0.05, 0) is 23.8 Å². The Hall–Kier alpha value is -5.20. The van der Waals surface area contributed by atoms with Gasteiger partial charge in [-0.2, -0.15) is 0 Å². The quantitative estimate of drug-likeness (QED) is 0.228. The molecule has 6 heteroatoms. The third kappa shape index (κ3) is 3.77. The van der Waals surface area contributed by atoms with Crippen molar-refractivity contribution in [2.24, 2.45) is 0 Å². The van der Waals surface area contributed by atoms with Crippen LogP contribution in [0, 0.1) is 0 Å². The van der Waals surface area contributed by atoms with Gasteiger partial charge in [0.2, 0.25) is 0 Å². The first kappa shape index (κ1) is 22.8. The first-order valence-electron chi connectivity index (χ1n) is 13.1. The van der Waals surface area contributed by atoms with Gasteiger partial charge in [0.05, 0.1) is 21.3 Å². The highest BCUT2D eigenvalue weighted by atomic mass is 32.1. The second-order valence-electron chi connectivity index (χ2n) is 9.59. The predicted octanol–water partition coefficient (Wildman–Crippen LogP) is 8.56. The molecule has 0 aliphatic heterocycles. The number of hydrogen-bond donors (Lipinski definition) is 0. The highest BCUT2D eigenvalue weighted by Crippen LogP contribution is 2.37. The highest BCUT2D eigenvalue weighted by molar-refractivity contribution is 7.24. The monoisotopic (exact) mass is 531 g/mol. The van der Waals surface area contributed by atoms with Gasteiger partial charge in [-0.1, -0.05) is 121 Å². The first-order chi connectivity index (χ1) is 19.8. The highest BCUT2D eigenvalue weighted by Gasteiger charge is 2.16. The molecule has 40 heavy (non-hydrogen) atoms. The molecular weight excluding hydrogens is 510 g/mol. The van der Waals surface area contributed by atoms with Crippen molar-refractivity contribution in [3.63, 3.8) is 0 Å². The van der Waals surface area contributed by atoms with Gasteiger partial charge in [-0.3, -0.25) is 4.40 Å². The fraction of sp³-hybridized carbons (Fsp3) is 0. The molecule has 0 spiro atoms. The van der Waals surface area contributed by atoms with Crippen LogP contribution in [0.5, 0.6) is 0 Å². The summed E-state index contributed by atoms with van der Waals surface area (Å²) in [6.45, 7) is 0. The van der Waals surface area contributed by atoms with E-state index in [0.717, 1.165) is 38.2 Å². The van der Waals surface area contributed by atoms with Crippen LogP contribution in [0.4, 0.5) is 0 Å². The molecule has 5 nitrogen and oxygen atoms in total. The van der Waals surface area contributed by atoms with E-state index >= 15 is 0 Å². The fourth-order valence-corrected chi connectivity index (χ4v) is 6.34. The van der Waals surface area contributed by atoms with Crippen LogP contribution >= 0.6 is 11.3 Å². The van der Waals surface area contributed by atoms with E-state index in [0.29, 0.717) is 17.5 Å². The van der Waals surface area contributed by atoms with E-state index in [2.05, 4.69) is 65.1 Å². The van der Waals surface area contributed by atoms with Crippen molar-refractivity contribution in [1.82, 2.24) is 24.3 Å². The maximum atomic E-state index is 4.87. The van der Waals surface area contributed by atoms with E-state index < -0.39 is 0 Å². The van der Waals surface area contributed by atoms with E-state index in [1.807, 2.05) is 66.7 Å². The Morgan fingerprint density at radius 2 is 0.950 bits per heavy atom. The van der Waals surface area contributed by atoms with Gasteiger partial charge in [-0.15, -0.1) is 0 Å². The van der Waals surface area contributed by atoms with Crippen LogP contribution in [0.25, 0.3) is 71.5 Å². The summed E-state index contributed by atoms with van der Waals surface area (Å²) in [5.74, 6) is 1.97. The summed E-state index contributed by atoms with van der Waals surface area (Å²) in [4.78, 5) is 20.4. The summed E-state index contributed by atoms with van der Waals surface area (Å²) in [7, 11) is 0. The Morgan fingerprint density at radius 3 is 1.60 bits per heavy atom. The number of aromatic nitrogens is 5. The molecule has 0 N–H and O–H groups in total. The van der Waals surface area contributed by atoms with E-state index in [4.69, 9.17) is 19.9 Å². The zero-order valence-corrected chi connectivity index (χ0v) is 22.1. The summed E-state index contributed by atoms with van der Waals surface area (Å²) in [6, 6.07) is 43.4. The molecule has 0 radical (unpaired) electrons. The summed E-state index contributed by atoms with van der Waals surface area (Å²) in [5, 5.41) is 0. The molecule has 0 amide bonds. The normalized spacial score (nSPS) is 11.5. The SMILES string of the molecule is c1ccc(-c2nc(-c3ccccc3)nc(-c3ccc(-c4cccc5c4sc4nc6ccccc6n45)cc3)n2)cc1. The van der Waals surface area contributed by atoms with Crippen molar-refractivity contribution in [2.75, 3.05) is 0 Å². The third-order valence-electron chi connectivity index (χ3n) is 7.11. The smallest absolute Gasteiger partial charge is 0.195 e. The molecular formula is C34H21N5S. The van der Waals surface area contributed by atoms with Gasteiger partial charge in [0.15, 0.2) is 22.4 Å². The van der Waals surface area contributed by atoms with E-state index in [1.165, 1.54) is 15.8 Å². The van der Waals surface area contributed by atoms with Crippen molar-refractivity contribution in [1.29, 1.82) is 0 Å². The van der Waals surface area contributed by atoms with Crippen LogP contribution in [0.15, 0.2) is 127 Å². The number of benzene rings is 5. The lowest BCUT2D eigenvalue weighted by Crippen LogP contribution is -2.00. The molecule has 188 valence electrons. The number of imidazole rings is 1. The molecule has 5 aromatic carbocycles. The van der Waals surface area contributed by atoms with Crippen molar-refractivity contribution in [3.8, 4) is 45.3 Å². The van der Waals surface area contributed by atoms with Crippen LogP contribution < -0.4 is 0 Å². The molecule has 0 aliphatic rings. The minimum Gasteiger partial charge on any atom is -0.283 e. The average molecular weight is 532 g/mol. The van der Waals surface area contributed by atoms with Crippen LogP contribution in [-0.4, -0.2) is 24.3 Å². The number of rotatable bonds is 4. The second-order valence-corrected chi connectivity index (χ2v) is 10.6. The molecule has 0 unspecified atom stereocenters. The zero-order valence-electron chi connectivity index (χ0n) is 21.3. The Labute approximate surface area is 234 Å². The Kier molecular flexibility index (Phi) is 5.24. The lowest BCUT2D eigenvalue weighted by Gasteiger charge is -2.09. The number of nitrogens with zero attached hydrogens (tertiary/aromatic N) is 5. The van der Waals surface area contributed by atoms with Gasteiger partial charge in [0, 0.05) is 22.3 Å². The minimum absolute atomic E-state index is 0.651. The lowest BCUT2D eigenvalue weighted by atomic mass is 10.0. The molecule has 8 rings (SSSR count). The molecule has 3 heterocycles. The van der Waals surface area contributed by atoms with Crippen LogP contribution in [-0.2, 0) is 0 Å². The number of thiazole rings is 1. The van der Waals surface area contributed by atoms with Crippen molar-refractivity contribution >= 4 is 37.5 Å².